The van der Waals surface area contributed by atoms with E-state index < -0.39 is 0 Å². The molecule has 1 aliphatic carbocycles. The molecule has 2 fully saturated rings. The highest BCUT2D eigenvalue weighted by Gasteiger charge is 2.33. The van der Waals surface area contributed by atoms with Gasteiger partial charge in [-0.3, -0.25) is 19.2 Å². The number of nitrogens with zero attached hydrogens (tertiary/aromatic N) is 2. The Morgan fingerprint density at radius 1 is 0.793 bits per heavy atom. The maximum absolute atomic E-state index is 12.8. The van der Waals surface area contributed by atoms with Crippen molar-refractivity contribution in [1.29, 1.82) is 0 Å². The standard InChI is InChI=1S/C22H29N3O4/c1-15(26)17-7-9-20(10-8-17)23-21(28)18-3-5-19(6-4-18)22(29)25-13-11-24(12-14-25)16(2)27/h7-10,18-19H,3-6,11-14H2,1-2H3,(H,23,28). The van der Waals surface area contributed by atoms with Crippen LogP contribution in [0.2, 0.25) is 0 Å². The molecule has 7 heteroatoms. The third-order valence-electron chi connectivity index (χ3n) is 6.04. The Bertz CT molecular complexity index is 774. The number of nitrogens with one attached hydrogen (secondary N) is 1. The molecule has 1 saturated carbocycles. The number of piperazine rings is 1. The summed E-state index contributed by atoms with van der Waals surface area (Å²) >= 11 is 0. The second kappa shape index (κ2) is 9.20. The second-order valence-corrected chi connectivity index (χ2v) is 8.00. The Morgan fingerprint density at radius 2 is 1.31 bits per heavy atom. The van der Waals surface area contributed by atoms with Gasteiger partial charge in [-0.25, -0.2) is 0 Å². The highest BCUT2D eigenvalue weighted by atomic mass is 16.2. The summed E-state index contributed by atoms with van der Waals surface area (Å²) in [5.41, 5.74) is 1.30. The van der Waals surface area contributed by atoms with Crippen LogP contribution >= 0.6 is 0 Å². The molecule has 1 N–H and O–H groups in total. The number of hydrogen-bond acceptors (Lipinski definition) is 4. The van der Waals surface area contributed by atoms with Gasteiger partial charge >= 0.3 is 0 Å². The first kappa shape index (κ1) is 21.0. The van der Waals surface area contributed by atoms with Gasteiger partial charge in [0.25, 0.3) is 0 Å². The minimum atomic E-state index is -0.0962. The van der Waals surface area contributed by atoms with Crippen LogP contribution in [0, 0.1) is 11.8 Å². The Hall–Kier alpha value is -2.70. The van der Waals surface area contributed by atoms with E-state index in [9.17, 15) is 19.2 Å². The van der Waals surface area contributed by atoms with E-state index in [1.807, 2.05) is 4.90 Å². The molecule has 7 nitrogen and oxygen atoms in total. The van der Waals surface area contributed by atoms with Gasteiger partial charge in [0.1, 0.15) is 0 Å². The summed E-state index contributed by atoms with van der Waals surface area (Å²) in [5, 5.41) is 2.92. The van der Waals surface area contributed by atoms with Gasteiger partial charge < -0.3 is 15.1 Å². The predicted octanol–water partition coefficient (Wildman–Crippen LogP) is 2.32. The van der Waals surface area contributed by atoms with Crippen molar-refractivity contribution < 1.29 is 19.2 Å². The van der Waals surface area contributed by atoms with Gasteiger partial charge in [0.05, 0.1) is 0 Å². The maximum atomic E-state index is 12.8. The van der Waals surface area contributed by atoms with Gasteiger partial charge in [-0.05, 0) is 56.9 Å². The molecule has 3 amide bonds. The van der Waals surface area contributed by atoms with Crippen LogP contribution < -0.4 is 5.32 Å². The summed E-state index contributed by atoms with van der Waals surface area (Å²) in [7, 11) is 0. The average Bonchev–Trinajstić information content (AvgIpc) is 2.73. The number of hydrogen-bond donors (Lipinski definition) is 1. The zero-order valence-corrected chi connectivity index (χ0v) is 17.1. The Labute approximate surface area is 171 Å². The molecule has 1 saturated heterocycles. The molecular weight excluding hydrogens is 370 g/mol. The van der Waals surface area contributed by atoms with Gasteiger partial charge in [0.15, 0.2) is 5.78 Å². The van der Waals surface area contributed by atoms with E-state index in [-0.39, 0.29) is 35.3 Å². The van der Waals surface area contributed by atoms with E-state index >= 15 is 0 Å². The van der Waals surface area contributed by atoms with Gasteiger partial charge in [0.2, 0.25) is 17.7 Å². The number of carbonyl (C=O) groups is 4. The summed E-state index contributed by atoms with van der Waals surface area (Å²) < 4.78 is 0. The molecule has 1 aromatic rings. The number of Topliss-reactive ketones (excluding diaryl/α,β-unsaturated/α-hetero) is 1. The molecule has 0 radical (unpaired) electrons. The molecule has 1 aromatic carbocycles. The van der Waals surface area contributed by atoms with Gasteiger partial charge in [0, 0.05) is 56.2 Å². The molecule has 1 heterocycles. The average molecular weight is 399 g/mol. The van der Waals surface area contributed by atoms with Crippen molar-refractivity contribution in [2.45, 2.75) is 39.5 Å². The SMILES string of the molecule is CC(=O)c1ccc(NC(=O)C2CCC(C(=O)N3CCN(C(C)=O)CC3)CC2)cc1. The van der Waals surface area contributed by atoms with Crippen molar-refractivity contribution in [2.24, 2.45) is 11.8 Å². The first-order chi connectivity index (χ1) is 13.8. The maximum Gasteiger partial charge on any atom is 0.227 e. The van der Waals surface area contributed by atoms with Crippen molar-refractivity contribution in [2.75, 3.05) is 31.5 Å². The molecule has 0 bridgehead atoms. The van der Waals surface area contributed by atoms with Crippen LogP contribution in [-0.2, 0) is 14.4 Å². The zero-order chi connectivity index (χ0) is 21.0. The molecule has 0 aromatic heterocycles. The normalized spacial score (nSPS) is 22.1. The first-order valence-electron chi connectivity index (χ1n) is 10.3. The molecule has 0 atom stereocenters. The van der Waals surface area contributed by atoms with Gasteiger partial charge in [-0.15, -0.1) is 0 Å². The van der Waals surface area contributed by atoms with Crippen LogP contribution in [0.25, 0.3) is 0 Å². The molecule has 1 aliphatic heterocycles. The van der Waals surface area contributed by atoms with Crippen LogP contribution in [0.3, 0.4) is 0 Å². The molecule has 3 rings (SSSR count). The largest absolute Gasteiger partial charge is 0.339 e. The van der Waals surface area contributed by atoms with Crippen molar-refractivity contribution in [3.8, 4) is 0 Å². The highest BCUT2D eigenvalue weighted by Crippen LogP contribution is 2.31. The quantitative estimate of drug-likeness (QED) is 0.788. The lowest BCUT2D eigenvalue weighted by Crippen LogP contribution is -2.51. The van der Waals surface area contributed by atoms with E-state index in [1.54, 1.807) is 36.1 Å². The highest BCUT2D eigenvalue weighted by molar-refractivity contribution is 5.96. The fourth-order valence-electron chi connectivity index (χ4n) is 4.14. The molecule has 29 heavy (non-hydrogen) atoms. The van der Waals surface area contributed by atoms with E-state index in [4.69, 9.17) is 0 Å². The Kier molecular flexibility index (Phi) is 6.67. The third kappa shape index (κ3) is 5.22. The van der Waals surface area contributed by atoms with E-state index in [1.165, 1.54) is 6.92 Å². The predicted molar refractivity (Wildman–Crippen MR) is 109 cm³/mol. The lowest BCUT2D eigenvalue weighted by atomic mass is 9.80. The van der Waals surface area contributed by atoms with Crippen molar-refractivity contribution >= 4 is 29.2 Å². The van der Waals surface area contributed by atoms with E-state index in [0.29, 0.717) is 63.1 Å². The van der Waals surface area contributed by atoms with Crippen molar-refractivity contribution in [3.05, 3.63) is 29.8 Å². The molecule has 0 unspecified atom stereocenters. The summed E-state index contributed by atoms with van der Waals surface area (Å²) in [6.07, 6.45) is 2.82. The second-order valence-electron chi connectivity index (χ2n) is 8.00. The molecular formula is C22H29N3O4. The number of amides is 3. The van der Waals surface area contributed by atoms with E-state index in [0.717, 1.165) is 0 Å². The number of anilines is 1. The third-order valence-corrected chi connectivity index (χ3v) is 6.04. The van der Waals surface area contributed by atoms with Crippen molar-refractivity contribution in [3.63, 3.8) is 0 Å². The van der Waals surface area contributed by atoms with Crippen LogP contribution in [0.1, 0.15) is 49.9 Å². The van der Waals surface area contributed by atoms with E-state index in [2.05, 4.69) is 5.32 Å². The number of benzene rings is 1. The van der Waals surface area contributed by atoms with Crippen LogP contribution in [0.5, 0.6) is 0 Å². The number of carbonyl (C=O) groups excluding carboxylic acids is 4. The monoisotopic (exact) mass is 399 g/mol. The fourth-order valence-corrected chi connectivity index (χ4v) is 4.14. The minimum Gasteiger partial charge on any atom is -0.339 e. The molecule has 0 spiro atoms. The fraction of sp³-hybridized carbons (Fsp3) is 0.545. The lowest BCUT2D eigenvalue weighted by Gasteiger charge is -2.37. The van der Waals surface area contributed by atoms with Crippen LogP contribution in [-0.4, -0.2) is 59.5 Å². The topological polar surface area (TPSA) is 86.8 Å². The molecule has 2 aliphatic rings. The smallest absolute Gasteiger partial charge is 0.227 e. The summed E-state index contributed by atoms with van der Waals surface area (Å²) in [5.74, 6) is 0.0560. The summed E-state index contributed by atoms with van der Waals surface area (Å²) in [6, 6.07) is 6.90. The number of ketones is 1. The zero-order valence-electron chi connectivity index (χ0n) is 17.1. The molecule has 156 valence electrons. The van der Waals surface area contributed by atoms with Gasteiger partial charge in [-0.1, -0.05) is 0 Å². The van der Waals surface area contributed by atoms with Crippen LogP contribution in [0.4, 0.5) is 5.69 Å². The van der Waals surface area contributed by atoms with Gasteiger partial charge in [-0.2, -0.15) is 0 Å². The Balaban J connectivity index is 1.46. The number of rotatable bonds is 4. The first-order valence-corrected chi connectivity index (χ1v) is 10.3. The summed E-state index contributed by atoms with van der Waals surface area (Å²) in [4.78, 5) is 51.7. The van der Waals surface area contributed by atoms with Crippen LogP contribution in [0.15, 0.2) is 24.3 Å². The lowest BCUT2D eigenvalue weighted by molar-refractivity contribution is -0.142. The van der Waals surface area contributed by atoms with Crippen molar-refractivity contribution in [1.82, 2.24) is 9.80 Å². The Morgan fingerprint density at radius 3 is 1.83 bits per heavy atom. The summed E-state index contributed by atoms with van der Waals surface area (Å²) in [6.45, 7) is 5.45. The minimum absolute atomic E-state index is 0.00595.